The third-order valence-corrected chi connectivity index (χ3v) is 9.61. The summed E-state index contributed by atoms with van der Waals surface area (Å²) >= 11 is 0. The Bertz CT molecular complexity index is 1640. The minimum absolute atomic E-state index is 0.251. The van der Waals surface area contributed by atoms with E-state index in [0.29, 0.717) is 31.6 Å². The number of piperazine rings is 1. The molecular formula is C36H48N8O4. The van der Waals surface area contributed by atoms with E-state index in [4.69, 9.17) is 20.3 Å². The predicted molar refractivity (Wildman–Crippen MR) is 186 cm³/mol. The maximum atomic E-state index is 11.5. The van der Waals surface area contributed by atoms with Crippen molar-refractivity contribution in [3.8, 4) is 22.8 Å². The third kappa shape index (κ3) is 7.88. The van der Waals surface area contributed by atoms with Crippen molar-refractivity contribution in [1.29, 1.82) is 0 Å². The molecule has 0 bridgehead atoms. The number of rotatable bonds is 11. The molecule has 2 aromatic carbocycles. The van der Waals surface area contributed by atoms with Gasteiger partial charge in [0.25, 0.3) is 0 Å². The highest BCUT2D eigenvalue weighted by Crippen LogP contribution is 2.37. The molecule has 256 valence electrons. The number of nitrogen functional groups attached to an aromatic ring is 1. The molecule has 3 heterocycles. The molecule has 0 atom stereocenters. The Hall–Kier alpha value is -4.26. The Morgan fingerprint density at radius 3 is 2.25 bits per heavy atom. The largest absolute Gasteiger partial charge is 0.465 e. The predicted octanol–water partition coefficient (Wildman–Crippen LogP) is 5.76. The Kier molecular flexibility index (Phi) is 10.4. The van der Waals surface area contributed by atoms with E-state index in [9.17, 15) is 9.90 Å². The number of nitrogens with zero attached hydrogens (tertiary/aromatic N) is 7. The van der Waals surface area contributed by atoms with Crippen LogP contribution in [0.2, 0.25) is 0 Å². The maximum Gasteiger partial charge on any atom is 0.407 e. The number of hydrogen-bond acceptors (Lipinski definition) is 9. The van der Waals surface area contributed by atoms with Gasteiger partial charge in [0.1, 0.15) is 29.3 Å². The monoisotopic (exact) mass is 656 g/mol. The highest BCUT2D eigenvalue weighted by atomic mass is 16.5. The van der Waals surface area contributed by atoms with Crippen LogP contribution in [-0.4, -0.2) is 110 Å². The van der Waals surface area contributed by atoms with Gasteiger partial charge in [0, 0.05) is 56.4 Å². The fraction of sp³-hybridized carbons (Fsp3) is 0.500. The summed E-state index contributed by atoms with van der Waals surface area (Å²) < 4.78 is 13.9. The average molecular weight is 657 g/mol. The molecule has 2 fully saturated rings. The van der Waals surface area contributed by atoms with Gasteiger partial charge in [-0.25, -0.2) is 19.4 Å². The number of fused-ring (bicyclic) bond motifs is 1. The smallest absolute Gasteiger partial charge is 0.407 e. The summed E-state index contributed by atoms with van der Waals surface area (Å²) in [5.74, 6) is 1.99. The second kappa shape index (κ2) is 14.9. The molecule has 0 radical (unpaired) electrons. The SMILES string of the molecule is CC(C)(C)N(CCOCCN1CCN(C2CCC(n3nc(-c4ccc(Oc5ccccc5)cc4)c4c(N)ncnc43)CC2)CC1)C(=O)O. The van der Waals surface area contributed by atoms with Gasteiger partial charge in [-0.3, -0.25) is 9.80 Å². The van der Waals surface area contributed by atoms with Crippen LogP contribution in [0.5, 0.6) is 11.5 Å². The van der Waals surface area contributed by atoms with Gasteiger partial charge in [0.15, 0.2) is 5.65 Å². The summed E-state index contributed by atoms with van der Waals surface area (Å²) in [5.41, 5.74) is 8.51. The molecule has 1 aliphatic carbocycles. The van der Waals surface area contributed by atoms with Crippen LogP contribution >= 0.6 is 0 Å². The van der Waals surface area contributed by atoms with Crippen molar-refractivity contribution < 1.29 is 19.4 Å². The molecule has 6 rings (SSSR count). The summed E-state index contributed by atoms with van der Waals surface area (Å²) in [6.45, 7) is 12.1. The van der Waals surface area contributed by atoms with Gasteiger partial charge in [-0.2, -0.15) is 5.10 Å². The molecule has 2 aromatic heterocycles. The van der Waals surface area contributed by atoms with E-state index >= 15 is 0 Å². The normalized spacial score (nSPS) is 19.4. The van der Waals surface area contributed by atoms with Gasteiger partial charge in [0.2, 0.25) is 0 Å². The molecule has 0 spiro atoms. The van der Waals surface area contributed by atoms with Crippen molar-refractivity contribution in [2.75, 3.05) is 58.2 Å². The number of amides is 1. The molecule has 4 aromatic rings. The summed E-state index contributed by atoms with van der Waals surface area (Å²) in [6.07, 6.45) is 4.92. The first-order valence-electron chi connectivity index (χ1n) is 17.0. The molecule has 0 unspecified atom stereocenters. The minimum atomic E-state index is -0.908. The topological polar surface area (TPSA) is 135 Å². The number of nitrogens with two attached hydrogens (primary N) is 1. The van der Waals surface area contributed by atoms with Gasteiger partial charge < -0.3 is 25.2 Å². The van der Waals surface area contributed by atoms with E-state index < -0.39 is 11.6 Å². The van der Waals surface area contributed by atoms with Crippen molar-refractivity contribution in [2.24, 2.45) is 0 Å². The first-order chi connectivity index (χ1) is 23.2. The molecule has 1 aliphatic heterocycles. The van der Waals surface area contributed by atoms with Crippen LogP contribution in [0.15, 0.2) is 60.9 Å². The van der Waals surface area contributed by atoms with Gasteiger partial charge in [-0.15, -0.1) is 0 Å². The summed E-state index contributed by atoms with van der Waals surface area (Å²) in [4.78, 5) is 27.0. The number of benzene rings is 2. The van der Waals surface area contributed by atoms with Crippen LogP contribution in [-0.2, 0) is 4.74 Å². The number of anilines is 1. The molecule has 3 N–H and O–H groups in total. The molecule has 1 amide bonds. The highest BCUT2D eigenvalue weighted by Gasteiger charge is 2.31. The minimum Gasteiger partial charge on any atom is -0.465 e. The average Bonchev–Trinajstić information content (AvgIpc) is 3.48. The lowest BCUT2D eigenvalue weighted by atomic mass is 9.90. The van der Waals surface area contributed by atoms with Gasteiger partial charge in [0.05, 0.1) is 24.6 Å². The van der Waals surface area contributed by atoms with Crippen molar-refractivity contribution in [3.63, 3.8) is 0 Å². The van der Waals surface area contributed by atoms with Crippen LogP contribution in [0.4, 0.5) is 10.6 Å². The lowest BCUT2D eigenvalue weighted by molar-refractivity contribution is 0.0349. The quantitative estimate of drug-likeness (QED) is 0.192. The maximum absolute atomic E-state index is 11.5. The van der Waals surface area contributed by atoms with Crippen molar-refractivity contribution in [3.05, 3.63) is 60.9 Å². The van der Waals surface area contributed by atoms with E-state index in [1.54, 1.807) is 0 Å². The van der Waals surface area contributed by atoms with E-state index in [1.165, 1.54) is 11.2 Å². The van der Waals surface area contributed by atoms with Gasteiger partial charge in [-0.1, -0.05) is 18.2 Å². The van der Waals surface area contributed by atoms with Crippen LogP contribution < -0.4 is 10.5 Å². The first-order valence-corrected chi connectivity index (χ1v) is 17.0. The summed E-state index contributed by atoms with van der Waals surface area (Å²) in [7, 11) is 0. The fourth-order valence-electron chi connectivity index (χ4n) is 6.95. The van der Waals surface area contributed by atoms with Crippen molar-refractivity contribution in [2.45, 2.75) is 64.1 Å². The molecule has 1 saturated heterocycles. The second-order valence-electron chi connectivity index (χ2n) is 13.7. The fourth-order valence-corrected chi connectivity index (χ4v) is 6.95. The van der Waals surface area contributed by atoms with Gasteiger partial charge in [-0.05, 0) is 82.9 Å². The second-order valence-corrected chi connectivity index (χ2v) is 13.7. The Morgan fingerprint density at radius 1 is 0.917 bits per heavy atom. The molecule has 12 heteroatoms. The number of carboxylic acid groups (broad SMARTS) is 1. The number of aromatic nitrogens is 4. The lowest BCUT2D eigenvalue weighted by Crippen LogP contribution is -2.51. The van der Waals surface area contributed by atoms with E-state index in [2.05, 4.69) is 24.4 Å². The standard InChI is InChI=1S/C36H48N8O4/c1-36(2,3)43(35(45)46)22-24-47-23-21-41-17-19-42(20-18-41)27-11-13-28(14-12-27)44-34-31(33(37)38-25-39-34)32(40-44)26-9-15-30(16-10-26)48-29-7-5-4-6-8-29/h4-10,15-16,25,27-28H,11-14,17-24H2,1-3H3,(H,45,46)(H2,37,38,39). The van der Waals surface area contributed by atoms with E-state index in [0.717, 1.165) is 92.2 Å². The zero-order chi connectivity index (χ0) is 33.7. The molecule has 48 heavy (non-hydrogen) atoms. The number of para-hydroxylation sites is 1. The molecular weight excluding hydrogens is 608 g/mol. The van der Waals surface area contributed by atoms with Crippen molar-refractivity contribution in [1.82, 2.24) is 34.4 Å². The number of carbonyl (C=O) groups is 1. The Morgan fingerprint density at radius 2 is 1.58 bits per heavy atom. The van der Waals surface area contributed by atoms with Crippen LogP contribution in [0.3, 0.4) is 0 Å². The first kappa shape index (κ1) is 33.6. The molecule has 2 aliphatic rings. The third-order valence-electron chi connectivity index (χ3n) is 9.61. The Labute approximate surface area is 282 Å². The number of hydrogen-bond donors (Lipinski definition) is 2. The lowest BCUT2D eigenvalue weighted by Gasteiger charge is -2.42. The van der Waals surface area contributed by atoms with Crippen LogP contribution in [0.1, 0.15) is 52.5 Å². The Balaban J connectivity index is 1.00. The number of ether oxygens (including phenoxy) is 2. The summed E-state index contributed by atoms with van der Waals surface area (Å²) in [5, 5.41) is 15.4. The van der Waals surface area contributed by atoms with Gasteiger partial charge >= 0.3 is 6.09 Å². The molecule has 12 nitrogen and oxygen atoms in total. The highest BCUT2D eigenvalue weighted by molar-refractivity contribution is 5.98. The zero-order valence-electron chi connectivity index (χ0n) is 28.3. The van der Waals surface area contributed by atoms with E-state index in [-0.39, 0.29) is 6.04 Å². The van der Waals surface area contributed by atoms with E-state index in [1.807, 2.05) is 75.4 Å². The molecule has 1 saturated carbocycles. The van der Waals surface area contributed by atoms with Crippen LogP contribution in [0, 0.1) is 0 Å². The summed E-state index contributed by atoms with van der Waals surface area (Å²) in [6, 6.07) is 18.5. The van der Waals surface area contributed by atoms with Crippen LogP contribution in [0.25, 0.3) is 22.3 Å². The zero-order valence-corrected chi connectivity index (χ0v) is 28.3. The van der Waals surface area contributed by atoms with Crippen molar-refractivity contribution >= 4 is 22.9 Å².